The van der Waals surface area contributed by atoms with E-state index in [-0.39, 0.29) is 5.82 Å². The molecular formula is C18H17FO3. The molecule has 114 valence electrons. The standard InChI is InChI=1S/C18H17FO3/c1-11-15(10-13-5-4-8-22-13)18(21-3)16-9-12(19)6-7-14(16)17(11)20-2/h4-9H,10H2,1-3H3. The number of fused-ring (bicyclic) bond motifs is 1. The first-order chi connectivity index (χ1) is 10.7. The average molecular weight is 300 g/mol. The van der Waals surface area contributed by atoms with Crippen LogP contribution in [0.5, 0.6) is 11.5 Å². The minimum Gasteiger partial charge on any atom is -0.496 e. The van der Waals surface area contributed by atoms with Gasteiger partial charge >= 0.3 is 0 Å². The summed E-state index contributed by atoms with van der Waals surface area (Å²) in [6, 6.07) is 8.36. The number of furan rings is 1. The molecule has 3 rings (SSSR count). The number of hydrogen-bond donors (Lipinski definition) is 0. The van der Waals surface area contributed by atoms with E-state index in [1.165, 1.54) is 12.1 Å². The van der Waals surface area contributed by atoms with Crippen LogP contribution in [0.25, 0.3) is 10.8 Å². The van der Waals surface area contributed by atoms with Gasteiger partial charge in [-0.2, -0.15) is 0 Å². The van der Waals surface area contributed by atoms with Crippen LogP contribution in [0, 0.1) is 12.7 Å². The van der Waals surface area contributed by atoms with Gasteiger partial charge < -0.3 is 13.9 Å². The van der Waals surface area contributed by atoms with Crippen molar-refractivity contribution in [3.63, 3.8) is 0 Å². The molecule has 3 aromatic rings. The van der Waals surface area contributed by atoms with Gasteiger partial charge in [-0.25, -0.2) is 4.39 Å². The topological polar surface area (TPSA) is 31.6 Å². The number of rotatable bonds is 4. The SMILES string of the molecule is COc1c(C)c(Cc2ccco2)c(OC)c2cc(F)ccc12. The number of hydrogen-bond acceptors (Lipinski definition) is 3. The average Bonchev–Trinajstić information content (AvgIpc) is 3.02. The van der Waals surface area contributed by atoms with Gasteiger partial charge in [0, 0.05) is 22.8 Å². The molecule has 4 heteroatoms. The van der Waals surface area contributed by atoms with Gasteiger partial charge in [-0.15, -0.1) is 0 Å². The highest BCUT2D eigenvalue weighted by molar-refractivity contribution is 5.96. The van der Waals surface area contributed by atoms with E-state index in [0.29, 0.717) is 17.6 Å². The van der Waals surface area contributed by atoms with Crippen LogP contribution in [-0.2, 0) is 6.42 Å². The summed E-state index contributed by atoms with van der Waals surface area (Å²) in [4.78, 5) is 0. The van der Waals surface area contributed by atoms with E-state index in [1.807, 2.05) is 19.1 Å². The quantitative estimate of drug-likeness (QED) is 0.711. The molecule has 1 aromatic heterocycles. The Hall–Kier alpha value is -2.49. The second-order valence-electron chi connectivity index (χ2n) is 5.12. The highest BCUT2D eigenvalue weighted by Crippen LogP contribution is 2.41. The van der Waals surface area contributed by atoms with Crippen LogP contribution >= 0.6 is 0 Å². The van der Waals surface area contributed by atoms with Crippen molar-refractivity contribution in [1.29, 1.82) is 0 Å². The van der Waals surface area contributed by atoms with Crippen molar-refractivity contribution < 1.29 is 18.3 Å². The Labute approximate surface area is 128 Å². The third-order valence-electron chi connectivity index (χ3n) is 3.88. The molecule has 0 aliphatic heterocycles. The lowest BCUT2D eigenvalue weighted by atomic mass is 9.95. The molecule has 0 amide bonds. The number of ether oxygens (including phenoxy) is 2. The Morgan fingerprint density at radius 1 is 1.05 bits per heavy atom. The van der Waals surface area contributed by atoms with Crippen molar-refractivity contribution in [3.05, 3.63) is 59.3 Å². The van der Waals surface area contributed by atoms with Gasteiger partial charge in [-0.3, -0.25) is 0 Å². The zero-order valence-corrected chi connectivity index (χ0v) is 12.8. The zero-order valence-electron chi connectivity index (χ0n) is 12.8. The molecular weight excluding hydrogens is 283 g/mol. The van der Waals surface area contributed by atoms with Gasteiger partial charge in [0.25, 0.3) is 0 Å². The molecule has 2 aromatic carbocycles. The summed E-state index contributed by atoms with van der Waals surface area (Å²) in [5, 5.41) is 1.54. The second-order valence-corrected chi connectivity index (χ2v) is 5.12. The second kappa shape index (κ2) is 5.72. The molecule has 0 bridgehead atoms. The molecule has 0 N–H and O–H groups in total. The molecule has 1 heterocycles. The lowest BCUT2D eigenvalue weighted by Gasteiger charge is -2.18. The van der Waals surface area contributed by atoms with Crippen LogP contribution in [-0.4, -0.2) is 14.2 Å². The molecule has 0 unspecified atom stereocenters. The fraction of sp³-hybridized carbons (Fsp3) is 0.222. The van der Waals surface area contributed by atoms with Crippen molar-refractivity contribution in [2.75, 3.05) is 14.2 Å². The number of methoxy groups -OCH3 is 2. The molecule has 0 spiro atoms. The molecule has 0 fully saturated rings. The maximum Gasteiger partial charge on any atom is 0.130 e. The first-order valence-electron chi connectivity index (χ1n) is 7.00. The van der Waals surface area contributed by atoms with Gasteiger partial charge in [0.15, 0.2) is 0 Å². The van der Waals surface area contributed by atoms with Crippen molar-refractivity contribution in [3.8, 4) is 11.5 Å². The first-order valence-corrected chi connectivity index (χ1v) is 7.00. The maximum atomic E-state index is 13.7. The molecule has 0 aliphatic carbocycles. The van der Waals surface area contributed by atoms with E-state index in [2.05, 4.69) is 0 Å². The van der Waals surface area contributed by atoms with Gasteiger partial charge in [0.1, 0.15) is 23.1 Å². The van der Waals surface area contributed by atoms with E-state index in [1.54, 1.807) is 26.5 Å². The molecule has 0 atom stereocenters. The minimum atomic E-state index is -0.305. The summed E-state index contributed by atoms with van der Waals surface area (Å²) in [7, 11) is 3.21. The van der Waals surface area contributed by atoms with E-state index < -0.39 is 0 Å². The van der Waals surface area contributed by atoms with Crippen LogP contribution < -0.4 is 9.47 Å². The summed E-state index contributed by atoms with van der Waals surface area (Å²) in [5.41, 5.74) is 1.90. The van der Waals surface area contributed by atoms with E-state index >= 15 is 0 Å². The largest absolute Gasteiger partial charge is 0.496 e. The summed E-state index contributed by atoms with van der Waals surface area (Å²) in [6.07, 6.45) is 2.19. The van der Waals surface area contributed by atoms with Crippen molar-refractivity contribution >= 4 is 10.8 Å². The third-order valence-corrected chi connectivity index (χ3v) is 3.88. The summed E-state index contributed by atoms with van der Waals surface area (Å²) in [6.45, 7) is 1.97. The van der Waals surface area contributed by atoms with Crippen molar-refractivity contribution in [1.82, 2.24) is 0 Å². The molecule has 22 heavy (non-hydrogen) atoms. The van der Waals surface area contributed by atoms with Gasteiger partial charge in [0.05, 0.1) is 20.5 Å². The van der Waals surface area contributed by atoms with Crippen LogP contribution in [0.3, 0.4) is 0 Å². The summed E-state index contributed by atoms with van der Waals surface area (Å²) in [5.74, 6) is 1.90. The lowest BCUT2D eigenvalue weighted by Crippen LogP contribution is -2.01. The summed E-state index contributed by atoms with van der Waals surface area (Å²) >= 11 is 0. The van der Waals surface area contributed by atoms with Gasteiger partial charge in [-0.05, 0) is 42.8 Å². The van der Waals surface area contributed by atoms with E-state index in [0.717, 1.165) is 28.0 Å². The molecule has 0 saturated heterocycles. The van der Waals surface area contributed by atoms with Crippen LogP contribution in [0.4, 0.5) is 4.39 Å². The van der Waals surface area contributed by atoms with Crippen molar-refractivity contribution in [2.24, 2.45) is 0 Å². The van der Waals surface area contributed by atoms with E-state index in [9.17, 15) is 4.39 Å². The fourth-order valence-corrected chi connectivity index (χ4v) is 2.87. The lowest BCUT2D eigenvalue weighted by molar-refractivity contribution is 0.402. The van der Waals surface area contributed by atoms with Crippen LogP contribution in [0.15, 0.2) is 41.0 Å². The molecule has 0 radical (unpaired) electrons. The Kier molecular flexibility index (Phi) is 3.75. The Morgan fingerprint density at radius 2 is 1.82 bits per heavy atom. The van der Waals surface area contributed by atoms with E-state index in [4.69, 9.17) is 13.9 Å². The highest BCUT2D eigenvalue weighted by atomic mass is 19.1. The molecule has 0 saturated carbocycles. The Balaban J connectivity index is 2.31. The smallest absolute Gasteiger partial charge is 0.130 e. The first kappa shape index (κ1) is 14.4. The molecule has 3 nitrogen and oxygen atoms in total. The summed E-state index contributed by atoms with van der Waals surface area (Å²) < 4.78 is 30.2. The number of benzene rings is 2. The number of halogens is 1. The predicted molar refractivity (Wildman–Crippen MR) is 83.3 cm³/mol. The molecule has 0 aliphatic rings. The monoisotopic (exact) mass is 300 g/mol. The fourth-order valence-electron chi connectivity index (χ4n) is 2.87. The Bertz CT molecular complexity index is 807. The highest BCUT2D eigenvalue weighted by Gasteiger charge is 2.19. The van der Waals surface area contributed by atoms with Gasteiger partial charge in [-0.1, -0.05) is 0 Å². The zero-order chi connectivity index (χ0) is 15.7. The Morgan fingerprint density at radius 3 is 2.45 bits per heavy atom. The normalized spacial score (nSPS) is 10.9. The van der Waals surface area contributed by atoms with Crippen LogP contribution in [0.1, 0.15) is 16.9 Å². The van der Waals surface area contributed by atoms with Gasteiger partial charge in [0.2, 0.25) is 0 Å². The maximum absolute atomic E-state index is 13.7. The van der Waals surface area contributed by atoms with Crippen LogP contribution in [0.2, 0.25) is 0 Å². The van der Waals surface area contributed by atoms with Crippen molar-refractivity contribution in [2.45, 2.75) is 13.3 Å². The third kappa shape index (κ3) is 2.30. The predicted octanol–water partition coefficient (Wildman–Crippen LogP) is 4.49. The minimum absolute atomic E-state index is 0.305.